The van der Waals surface area contributed by atoms with Crippen molar-refractivity contribution in [2.24, 2.45) is 0 Å². The summed E-state index contributed by atoms with van der Waals surface area (Å²) < 4.78 is 14.8. The van der Waals surface area contributed by atoms with Crippen LogP contribution in [0.2, 0.25) is 0 Å². The van der Waals surface area contributed by atoms with E-state index in [1.54, 1.807) is 44.6 Å². The summed E-state index contributed by atoms with van der Waals surface area (Å²) in [6, 6.07) is 18.5. The van der Waals surface area contributed by atoms with Crippen LogP contribution in [0.1, 0.15) is 21.5 Å². The van der Waals surface area contributed by atoms with E-state index in [9.17, 15) is 14.0 Å². The minimum atomic E-state index is -0.316. The van der Waals surface area contributed by atoms with Crippen molar-refractivity contribution >= 4 is 34.3 Å². The smallest absolute Gasteiger partial charge is 0.328 e. The molecular weight excluding hydrogens is 415 g/mol. The minimum absolute atomic E-state index is 0.187. The van der Waals surface area contributed by atoms with Gasteiger partial charge in [0, 0.05) is 42.7 Å². The zero-order valence-electron chi connectivity index (χ0n) is 17.1. The highest BCUT2D eigenvalue weighted by Gasteiger charge is 2.21. The lowest BCUT2D eigenvalue weighted by Crippen LogP contribution is -2.26. The zero-order valence-corrected chi connectivity index (χ0v) is 17.9. The van der Waals surface area contributed by atoms with Crippen LogP contribution >= 0.6 is 11.6 Å². The SMILES string of the molecule is CN(C)C(=O)n1cc(C(=O)c2ccc(CCl)cc2)c2cc(-c3ccc(F)cc3)ccc21. The molecule has 0 aliphatic carbocycles. The largest absolute Gasteiger partial charge is 0.330 e. The molecular formula is C25H20ClFN2O2. The number of aromatic nitrogens is 1. The molecule has 3 aromatic carbocycles. The number of halogens is 2. The topological polar surface area (TPSA) is 42.3 Å². The lowest BCUT2D eigenvalue weighted by atomic mass is 9.98. The number of alkyl halides is 1. The second-order valence-electron chi connectivity index (χ2n) is 7.49. The van der Waals surface area contributed by atoms with Gasteiger partial charge in [0.2, 0.25) is 0 Å². The fourth-order valence-electron chi connectivity index (χ4n) is 3.51. The van der Waals surface area contributed by atoms with Gasteiger partial charge in [-0.25, -0.2) is 9.18 Å². The van der Waals surface area contributed by atoms with Gasteiger partial charge < -0.3 is 4.90 Å². The number of hydrogen-bond acceptors (Lipinski definition) is 2. The van der Waals surface area contributed by atoms with Crippen LogP contribution in [-0.4, -0.2) is 35.4 Å². The first kappa shape index (κ1) is 20.8. The minimum Gasteiger partial charge on any atom is -0.330 e. The van der Waals surface area contributed by atoms with Gasteiger partial charge in [-0.3, -0.25) is 9.36 Å². The van der Waals surface area contributed by atoms with Crippen molar-refractivity contribution in [2.75, 3.05) is 14.1 Å². The number of rotatable bonds is 4. The molecule has 0 N–H and O–H groups in total. The van der Waals surface area contributed by atoms with Gasteiger partial charge in [-0.15, -0.1) is 11.6 Å². The Labute approximate surface area is 184 Å². The van der Waals surface area contributed by atoms with Crippen LogP contribution in [0.4, 0.5) is 9.18 Å². The van der Waals surface area contributed by atoms with Crippen LogP contribution < -0.4 is 0 Å². The van der Waals surface area contributed by atoms with Crippen molar-refractivity contribution in [3.05, 3.63) is 95.4 Å². The summed E-state index contributed by atoms with van der Waals surface area (Å²) in [4.78, 5) is 27.5. The van der Waals surface area contributed by atoms with Crippen molar-refractivity contribution in [3.63, 3.8) is 0 Å². The van der Waals surface area contributed by atoms with Gasteiger partial charge in [0.25, 0.3) is 0 Å². The van der Waals surface area contributed by atoms with Gasteiger partial charge in [-0.05, 0) is 41.0 Å². The van der Waals surface area contributed by atoms with Crippen LogP contribution in [0.25, 0.3) is 22.0 Å². The van der Waals surface area contributed by atoms with Gasteiger partial charge >= 0.3 is 6.03 Å². The Hall–Kier alpha value is -3.44. The second-order valence-corrected chi connectivity index (χ2v) is 7.76. The second kappa shape index (κ2) is 8.36. The standard InChI is InChI=1S/C25H20ClFN2O2/c1-28(2)25(31)29-15-22(24(30)18-5-3-16(14-26)4-6-18)21-13-19(9-12-23(21)29)17-7-10-20(27)11-8-17/h3-13,15H,14H2,1-2H3. The summed E-state index contributed by atoms with van der Waals surface area (Å²) in [6.45, 7) is 0. The van der Waals surface area contributed by atoms with E-state index < -0.39 is 0 Å². The molecule has 156 valence electrons. The number of fused-ring (bicyclic) bond motifs is 1. The molecule has 1 heterocycles. The molecule has 0 atom stereocenters. The van der Waals surface area contributed by atoms with E-state index in [-0.39, 0.29) is 17.6 Å². The number of amides is 1. The van der Waals surface area contributed by atoms with Crippen molar-refractivity contribution in [1.82, 2.24) is 9.47 Å². The number of nitrogens with zero attached hydrogens (tertiary/aromatic N) is 2. The third-order valence-electron chi connectivity index (χ3n) is 5.19. The Bertz CT molecular complexity index is 1280. The molecule has 0 aliphatic heterocycles. The summed E-state index contributed by atoms with van der Waals surface area (Å²) in [5, 5.41) is 0.656. The average molecular weight is 435 g/mol. The number of carbonyl (C=O) groups excluding carboxylic acids is 2. The summed E-state index contributed by atoms with van der Waals surface area (Å²) in [5.41, 5.74) is 4.13. The van der Waals surface area contributed by atoms with E-state index in [0.717, 1.165) is 16.7 Å². The molecule has 1 amide bonds. The first-order chi connectivity index (χ1) is 14.9. The molecule has 0 saturated carbocycles. The third-order valence-corrected chi connectivity index (χ3v) is 5.49. The van der Waals surface area contributed by atoms with Crippen molar-refractivity contribution in [2.45, 2.75) is 5.88 Å². The maximum Gasteiger partial charge on any atom is 0.328 e. The Morgan fingerprint density at radius 1 is 0.935 bits per heavy atom. The highest BCUT2D eigenvalue weighted by atomic mass is 35.5. The van der Waals surface area contributed by atoms with Gasteiger partial charge in [0.1, 0.15) is 5.82 Å². The predicted molar refractivity (Wildman–Crippen MR) is 121 cm³/mol. The molecule has 0 bridgehead atoms. The van der Waals surface area contributed by atoms with E-state index in [1.807, 2.05) is 30.3 Å². The summed E-state index contributed by atoms with van der Waals surface area (Å²) >= 11 is 5.85. The van der Waals surface area contributed by atoms with E-state index in [2.05, 4.69) is 0 Å². The molecule has 1 aromatic heterocycles. The van der Waals surface area contributed by atoms with Gasteiger partial charge in [-0.2, -0.15) is 0 Å². The van der Waals surface area contributed by atoms with Gasteiger partial charge in [0.15, 0.2) is 5.78 Å². The molecule has 0 unspecified atom stereocenters. The summed E-state index contributed by atoms with van der Waals surface area (Å²) in [5.74, 6) is -0.136. The first-order valence-electron chi connectivity index (χ1n) is 9.71. The van der Waals surface area contributed by atoms with Crippen LogP contribution in [0.3, 0.4) is 0 Å². The lowest BCUT2D eigenvalue weighted by Gasteiger charge is -2.11. The first-order valence-corrected chi connectivity index (χ1v) is 10.2. The number of hydrogen-bond donors (Lipinski definition) is 0. The summed E-state index contributed by atoms with van der Waals surface area (Å²) in [6.07, 6.45) is 1.58. The lowest BCUT2D eigenvalue weighted by molar-refractivity contribution is 0.104. The molecule has 4 nitrogen and oxygen atoms in total. The van der Waals surface area contributed by atoms with E-state index >= 15 is 0 Å². The highest BCUT2D eigenvalue weighted by molar-refractivity contribution is 6.18. The Morgan fingerprint density at radius 3 is 2.19 bits per heavy atom. The van der Waals surface area contributed by atoms with Gasteiger partial charge in [0.05, 0.1) is 5.52 Å². The van der Waals surface area contributed by atoms with Crippen LogP contribution in [0.15, 0.2) is 72.9 Å². The molecule has 0 fully saturated rings. The number of ketones is 1. The van der Waals surface area contributed by atoms with E-state index in [4.69, 9.17) is 11.6 Å². The monoisotopic (exact) mass is 434 g/mol. The van der Waals surface area contributed by atoms with Crippen LogP contribution in [0, 0.1) is 5.82 Å². The van der Waals surface area contributed by atoms with Gasteiger partial charge in [-0.1, -0.05) is 42.5 Å². The molecule has 6 heteroatoms. The van der Waals surface area contributed by atoms with Crippen LogP contribution in [0.5, 0.6) is 0 Å². The molecule has 31 heavy (non-hydrogen) atoms. The van der Waals surface area contributed by atoms with E-state index in [1.165, 1.54) is 21.6 Å². The highest BCUT2D eigenvalue weighted by Crippen LogP contribution is 2.30. The van der Waals surface area contributed by atoms with Crippen LogP contribution in [-0.2, 0) is 5.88 Å². The molecule has 4 rings (SSSR count). The molecule has 0 radical (unpaired) electrons. The average Bonchev–Trinajstić information content (AvgIpc) is 3.17. The normalized spacial score (nSPS) is 11.0. The summed E-state index contributed by atoms with van der Waals surface area (Å²) in [7, 11) is 3.32. The predicted octanol–water partition coefficient (Wildman–Crippen LogP) is 5.95. The van der Waals surface area contributed by atoms with Crippen molar-refractivity contribution in [1.29, 1.82) is 0 Å². The molecule has 0 spiro atoms. The van der Waals surface area contributed by atoms with E-state index in [0.29, 0.717) is 27.9 Å². The quantitative estimate of drug-likeness (QED) is 0.294. The van der Waals surface area contributed by atoms with Crippen molar-refractivity contribution < 1.29 is 14.0 Å². The third kappa shape index (κ3) is 3.97. The number of benzene rings is 3. The number of carbonyl (C=O) groups is 2. The fourth-order valence-corrected chi connectivity index (χ4v) is 3.69. The Kier molecular flexibility index (Phi) is 5.61. The molecule has 4 aromatic rings. The van der Waals surface area contributed by atoms with Crippen molar-refractivity contribution in [3.8, 4) is 11.1 Å². The maximum absolute atomic E-state index is 13.3. The fraction of sp³-hybridized carbons (Fsp3) is 0.120. The Morgan fingerprint density at radius 2 is 1.58 bits per heavy atom. The maximum atomic E-state index is 13.3. The molecule has 0 saturated heterocycles. The molecule has 0 aliphatic rings. The zero-order chi connectivity index (χ0) is 22.1. The Balaban J connectivity index is 1.88.